The van der Waals surface area contributed by atoms with Crippen molar-refractivity contribution in [2.75, 3.05) is 26.2 Å². The zero-order valence-corrected chi connectivity index (χ0v) is 19.2. The molecule has 1 aliphatic rings. The molecule has 1 amide bonds. The van der Waals surface area contributed by atoms with Gasteiger partial charge in [0.1, 0.15) is 11.5 Å². The number of aromatic nitrogens is 4. The predicted octanol–water partition coefficient (Wildman–Crippen LogP) is 1.71. The van der Waals surface area contributed by atoms with Crippen LogP contribution in [0.1, 0.15) is 21.9 Å². The molecule has 34 heavy (non-hydrogen) atoms. The van der Waals surface area contributed by atoms with Gasteiger partial charge in [0.05, 0.1) is 5.69 Å². The van der Waals surface area contributed by atoms with Crippen LogP contribution in [0.15, 0.2) is 57.6 Å². The van der Waals surface area contributed by atoms with E-state index >= 15 is 0 Å². The van der Waals surface area contributed by atoms with Gasteiger partial charge < -0.3 is 4.90 Å². The van der Waals surface area contributed by atoms with Crippen LogP contribution in [0.3, 0.4) is 0 Å². The quantitative estimate of drug-likeness (QED) is 0.442. The van der Waals surface area contributed by atoms with Gasteiger partial charge >= 0.3 is 0 Å². The Hall–Kier alpha value is -3.70. The summed E-state index contributed by atoms with van der Waals surface area (Å²) < 4.78 is 17.1. The summed E-state index contributed by atoms with van der Waals surface area (Å²) in [4.78, 5) is 46.7. The normalized spacial score (nSPS) is 14.6. The Bertz CT molecular complexity index is 1500. The fourth-order valence-electron chi connectivity index (χ4n) is 4.02. The van der Waals surface area contributed by atoms with Gasteiger partial charge in [-0.05, 0) is 19.1 Å². The Kier molecular flexibility index (Phi) is 5.80. The largest absolute Gasteiger partial charge is 0.335 e. The first-order valence-electron chi connectivity index (χ1n) is 10.7. The standard InChI is InChI=1S/C23H21FN6O3S/c1-15-12-19(31)21(26-30(15)18-5-3-2-4-17(18)24)22(33)28-8-6-27(7-9-28)14-16-13-20(32)29-10-11-34-23(29)25-16/h2-5,10-13H,6-9,14H2,1H3. The van der Waals surface area contributed by atoms with Gasteiger partial charge in [-0.3, -0.25) is 23.7 Å². The summed E-state index contributed by atoms with van der Waals surface area (Å²) in [5.74, 6) is -0.978. The number of fused-ring (bicyclic) bond motifs is 1. The molecule has 0 radical (unpaired) electrons. The summed E-state index contributed by atoms with van der Waals surface area (Å²) in [5.41, 5.74) is 0.436. The van der Waals surface area contributed by atoms with Gasteiger partial charge in [0.15, 0.2) is 10.7 Å². The Labute approximate surface area is 197 Å². The zero-order chi connectivity index (χ0) is 23.8. The van der Waals surface area contributed by atoms with Gasteiger partial charge in [-0.2, -0.15) is 5.10 Å². The van der Waals surface area contributed by atoms with Crippen LogP contribution in [-0.4, -0.2) is 61.1 Å². The van der Waals surface area contributed by atoms with Crippen molar-refractivity contribution < 1.29 is 9.18 Å². The maximum absolute atomic E-state index is 14.3. The van der Waals surface area contributed by atoms with Gasteiger partial charge in [-0.25, -0.2) is 14.1 Å². The third-order valence-electron chi connectivity index (χ3n) is 5.79. The molecule has 3 aromatic heterocycles. The second-order valence-electron chi connectivity index (χ2n) is 8.07. The third-order valence-corrected chi connectivity index (χ3v) is 6.55. The molecule has 1 aromatic carbocycles. The van der Waals surface area contributed by atoms with E-state index in [4.69, 9.17) is 0 Å². The lowest BCUT2D eigenvalue weighted by molar-refractivity contribution is 0.0618. The summed E-state index contributed by atoms with van der Waals surface area (Å²) in [7, 11) is 0. The minimum Gasteiger partial charge on any atom is -0.335 e. The highest BCUT2D eigenvalue weighted by atomic mass is 32.1. The molecule has 0 N–H and O–H groups in total. The second kappa shape index (κ2) is 8.92. The third kappa shape index (κ3) is 4.15. The Morgan fingerprint density at radius 1 is 1.12 bits per heavy atom. The minimum atomic E-state index is -0.497. The van der Waals surface area contributed by atoms with Crippen LogP contribution in [0.25, 0.3) is 10.6 Å². The lowest BCUT2D eigenvalue weighted by Gasteiger charge is -2.34. The van der Waals surface area contributed by atoms with E-state index in [1.54, 1.807) is 36.2 Å². The summed E-state index contributed by atoms with van der Waals surface area (Å²) in [5, 5.41) is 6.03. The fourth-order valence-corrected chi connectivity index (χ4v) is 4.76. The van der Waals surface area contributed by atoms with Crippen molar-refractivity contribution in [1.29, 1.82) is 0 Å². The smallest absolute Gasteiger partial charge is 0.278 e. The van der Waals surface area contributed by atoms with E-state index in [0.717, 1.165) is 0 Å². The number of para-hydroxylation sites is 1. The number of thiazole rings is 1. The molecule has 0 unspecified atom stereocenters. The van der Waals surface area contributed by atoms with Crippen LogP contribution in [0.2, 0.25) is 0 Å². The van der Waals surface area contributed by atoms with E-state index in [9.17, 15) is 18.8 Å². The molecule has 0 atom stereocenters. The number of rotatable bonds is 4. The monoisotopic (exact) mass is 480 g/mol. The SMILES string of the molecule is Cc1cc(=O)c(C(=O)N2CCN(Cc3cc(=O)n4ccsc4n3)CC2)nn1-c1ccccc1F. The first-order chi connectivity index (χ1) is 16.4. The molecular weight excluding hydrogens is 459 g/mol. The molecule has 0 bridgehead atoms. The summed E-state index contributed by atoms with van der Waals surface area (Å²) in [6, 6.07) is 8.90. The van der Waals surface area contributed by atoms with Crippen molar-refractivity contribution in [1.82, 2.24) is 29.0 Å². The Balaban J connectivity index is 1.31. The van der Waals surface area contributed by atoms with Crippen molar-refractivity contribution in [2.45, 2.75) is 13.5 Å². The van der Waals surface area contributed by atoms with Crippen LogP contribution in [-0.2, 0) is 6.54 Å². The molecular formula is C23H21FN6O3S. The molecule has 9 nitrogen and oxygen atoms in total. The minimum absolute atomic E-state index is 0.119. The summed E-state index contributed by atoms with van der Waals surface area (Å²) in [6.45, 7) is 4.05. The van der Waals surface area contributed by atoms with Gasteiger partial charge in [0.25, 0.3) is 11.5 Å². The van der Waals surface area contributed by atoms with Crippen molar-refractivity contribution in [3.63, 3.8) is 0 Å². The van der Waals surface area contributed by atoms with Crippen molar-refractivity contribution in [2.24, 2.45) is 0 Å². The number of benzene rings is 1. The molecule has 0 aliphatic carbocycles. The Morgan fingerprint density at radius 3 is 2.65 bits per heavy atom. The van der Waals surface area contributed by atoms with E-state index in [2.05, 4.69) is 15.0 Å². The zero-order valence-electron chi connectivity index (χ0n) is 18.3. The lowest BCUT2D eigenvalue weighted by atomic mass is 10.2. The topological polar surface area (TPSA) is 92.8 Å². The summed E-state index contributed by atoms with van der Waals surface area (Å²) in [6.07, 6.45) is 1.70. The van der Waals surface area contributed by atoms with Crippen LogP contribution < -0.4 is 11.0 Å². The molecule has 5 rings (SSSR count). The Morgan fingerprint density at radius 2 is 1.88 bits per heavy atom. The second-order valence-corrected chi connectivity index (χ2v) is 8.94. The van der Waals surface area contributed by atoms with E-state index < -0.39 is 17.2 Å². The number of hydrogen-bond donors (Lipinski definition) is 0. The van der Waals surface area contributed by atoms with E-state index in [1.165, 1.54) is 38.6 Å². The highest BCUT2D eigenvalue weighted by molar-refractivity contribution is 7.15. The number of halogens is 1. The summed E-state index contributed by atoms with van der Waals surface area (Å²) >= 11 is 1.40. The van der Waals surface area contributed by atoms with Crippen LogP contribution >= 0.6 is 11.3 Å². The van der Waals surface area contributed by atoms with Gasteiger partial charge in [-0.15, -0.1) is 11.3 Å². The first kappa shape index (κ1) is 22.1. The molecule has 1 aliphatic heterocycles. The predicted molar refractivity (Wildman–Crippen MR) is 125 cm³/mol. The molecule has 0 saturated carbocycles. The highest BCUT2D eigenvalue weighted by Crippen LogP contribution is 2.15. The molecule has 1 saturated heterocycles. The van der Waals surface area contributed by atoms with Crippen LogP contribution in [0, 0.1) is 12.7 Å². The van der Waals surface area contributed by atoms with Crippen molar-refractivity contribution in [3.8, 4) is 5.69 Å². The number of carbonyl (C=O) groups is 1. The molecule has 0 spiro atoms. The van der Waals surface area contributed by atoms with Crippen LogP contribution in [0.4, 0.5) is 4.39 Å². The first-order valence-corrected chi connectivity index (χ1v) is 11.6. The number of aryl methyl sites for hydroxylation is 1. The number of nitrogens with zero attached hydrogens (tertiary/aromatic N) is 6. The number of hydrogen-bond acceptors (Lipinski definition) is 7. The van der Waals surface area contributed by atoms with Crippen LogP contribution in [0.5, 0.6) is 0 Å². The molecule has 174 valence electrons. The number of amides is 1. The van der Waals surface area contributed by atoms with E-state index in [-0.39, 0.29) is 16.9 Å². The molecule has 4 heterocycles. The highest BCUT2D eigenvalue weighted by Gasteiger charge is 2.26. The van der Waals surface area contributed by atoms with Crippen molar-refractivity contribution in [3.05, 3.63) is 91.5 Å². The average molecular weight is 481 g/mol. The fraction of sp³-hybridized carbons (Fsp3) is 0.261. The van der Waals surface area contributed by atoms with Crippen molar-refractivity contribution >= 4 is 22.2 Å². The lowest BCUT2D eigenvalue weighted by Crippen LogP contribution is -2.49. The van der Waals surface area contributed by atoms with Gasteiger partial charge in [-0.1, -0.05) is 12.1 Å². The van der Waals surface area contributed by atoms with E-state index in [0.29, 0.717) is 49.1 Å². The van der Waals surface area contributed by atoms with Gasteiger partial charge in [0.2, 0.25) is 5.43 Å². The number of carbonyl (C=O) groups excluding carboxylic acids is 1. The average Bonchev–Trinajstić information content (AvgIpc) is 3.29. The van der Waals surface area contributed by atoms with E-state index in [1.807, 2.05) is 5.38 Å². The molecule has 11 heteroatoms. The maximum atomic E-state index is 14.3. The maximum Gasteiger partial charge on any atom is 0.278 e. The van der Waals surface area contributed by atoms with Gasteiger partial charge in [0, 0.05) is 62.1 Å². The molecule has 4 aromatic rings. The molecule has 1 fully saturated rings. The number of piperazine rings is 1.